The predicted molar refractivity (Wildman–Crippen MR) is 85.4 cm³/mol. The lowest BCUT2D eigenvalue weighted by molar-refractivity contribution is 0.0936. The molecule has 7 nitrogen and oxygen atoms in total. The molecule has 0 bridgehead atoms. The zero-order valence-electron chi connectivity index (χ0n) is 12.4. The van der Waals surface area contributed by atoms with Crippen molar-refractivity contribution in [3.05, 3.63) is 47.4 Å². The fourth-order valence-electron chi connectivity index (χ4n) is 2.12. The zero-order valence-corrected chi connectivity index (χ0v) is 13.1. The average Bonchev–Trinajstić information content (AvgIpc) is 2.98. The molecule has 0 spiro atoms. The molecule has 0 aromatic carbocycles. The van der Waals surface area contributed by atoms with Gasteiger partial charge < -0.3 is 10.1 Å². The molecular formula is C15H14ClN5O2. The van der Waals surface area contributed by atoms with Gasteiger partial charge in [0.25, 0.3) is 5.91 Å². The van der Waals surface area contributed by atoms with Gasteiger partial charge in [0, 0.05) is 37.8 Å². The first kappa shape index (κ1) is 15.4. The van der Waals surface area contributed by atoms with Crippen LogP contribution in [-0.4, -0.2) is 45.8 Å². The number of carbonyl (C=O) groups excluding carboxylic acids is 1. The van der Waals surface area contributed by atoms with Gasteiger partial charge in [-0.25, -0.2) is 0 Å². The summed E-state index contributed by atoms with van der Waals surface area (Å²) < 4.78 is 6.65. The first-order valence-electron chi connectivity index (χ1n) is 6.92. The molecule has 8 heteroatoms. The molecule has 3 heterocycles. The van der Waals surface area contributed by atoms with Crippen molar-refractivity contribution in [2.75, 3.05) is 20.3 Å². The van der Waals surface area contributed by atoms with Crippen molar-refractivity contribution in [1.29, 1.82) is 0 Å². The van der Waals surface area contributed by atoms with Gasteiger partial charge in [-0.05, 0) is 18.2 Å². The molecule has 0 atom stereocenters. The van der Waals surface area contributed by atoms with Crippen molar-refractivity contribution in [3.8, 4) is 11.4 Å². The number of ether oxygens (including phenoxy) is 1. The number of aromatic nitrogens is 4. The van der Waals surface area contributed by atoms with Crippen LogP contribution in [0.4, 0.5) is 0 Å². The van der Waals surface area contributed by atoms with Gasteiger partial charge in [-0.2, -0.15) is 0 Å². The molecule has 0 aliphatic carbocycles. The zero-order chi connectivity index (χ0) is 16.2. The van der Waals surface area contributed by atoms with E-state index in [4.69, 9.17) is 16.3 Å². The summed E-state index contributed by atoms with van der Waals surface area (Å²) in [4.78, 5) is 16.2. The summed E-state index contributed by atoms with van der Waals surface area (Å²) in [6.45, 7) is 0.903. The van der Waals surface area contributed by atoms with Crippen LogP contribution in [0.1, 0.15) is 10.4 Å². The van der Waals surface area contributed by atoms with E-state index in [1.54, 1.807) is 48.3 Å². The molecule has 0 saturated carbocycles. The molecular weight excluding hydrogens is 318 g/mol. The molecule has 1 N–H and O–H groups in total. The number of carbonyl (C=O) groups is 1. The summed E-state index contributed by atoms with van der Waals surface area (Å²) in [5, 5.41) is 11.5. The second-order valence-corrected chi connectivity index (χ2v) is 5.25. The van der Waals surface area contributed by atoms with Crippen molar-refractivity contribution in [1.82, 2.24) is 24.9 Å². The highest BCUT2D eigenvalue weighted by atomic mass is 35.5. The number of rotatable bonds is 5. The van der Waals surface area contributed by atoms with Gasteiger partial charge in [0.15, 0.2) is 11.5 Å². The van der Waals surface area contributed by atoms with E-state index in [9.17, 15) is 4.79 Å². The Morgan fingerprint density at radius 3 is 3.00 bits per heavy atom. The van der Waals surface area contributed by atoms with Crippen molar-refractivity contribution < 1.29 is 9.53 Å². The highest BCUT2D eigenvalue weighted by Gasteiger charge is 2.12. The Bertz CT molecular complexity index is 849. The summed E-state index contributed by atoms with van der Waals surface area (Å²) in [7, 11) is 1.58. The van der Waals surface area contributed by atoms with E-state index in [-0.39, 0.29) is 5.91 Å². The summed E-state index contributed by atoms with van der Waals surface area (Å²) in [6.07, 6.45) is 4.88. The largest absolute Gasteiger partial charge is 0.383 e. The predicted octanol–water partition coefficient (Wildman–Crippen LogP) is 1.82. The van der Waals surface area contributed by atoms with E-state index in [0.717, 1.165) is 5.56 Å². The smallest absolute Gasteiger partial charge is 0.252 e. The number of hydrogen-bond acceptors (Lipinski definition) is 5. The van der Waals surface area contributed by atoms with Crippen LogP contribution in [0.2, 0.25) is 5.02 Å². The molecule has 0 aliphatic heterocycles. The summed E-state index contributed by atoms with van der Waals surface area (Å²) in [5.74, 6) is 0.384. The highest BCUT2D eigenvalue weighted by Crippen LogP contribution is 2.21. The lowest BCUT2D eigenvalue weighted by Gasteiger charge is -2.06. The Balaban J connectivity index is 1.95. The lowest BCUT2D eigenvalue weighted by atomic mass is 10.2. The molecule has 0 saturated heterocycles. The van der Waals surface area contributed by atoms with E-state index in [1.807, 2.05) is 0 Å². The van der Waals surface area contributed by atoms with E-state index in [0.29, 0.717) is 35.2 Å². The van der Waals surface area contributed by atoms with Gasteiger partial charge in [-0.1, -0.05) is 11.6 Å². The quantitative estimate of drug-likeness (QED) is 0.721. The minimum Gasteiger partial charge on any atom is -0.383 e. The topological polar surface area (TPSA) is 81.4 Å². The third-order valence-corrected chi connectivity index (χ3v) is 3.43. The van der Waals surface area contributed by atoms with E-state index < -0.39 is 0 Å². The molecule has 1 amide bonds. The maximum atomic E-state index is 12.1. The summed E-state index contributed by atoms with van der Waals surface area (Å²) in [5.41, 5.74) is 1.86. The van der Waals surface area contributed by atoms with E-state index in [2.05, 4.69) is 20.5 Å². The number of methoxy groups -OCH3 is 1. The number of amides is 1. The molecule has 3 aromatic heterocycles. The molecule has 0 fully saturated rings. The van der Waals surface area contributed by atoms with Crippen LogP contribution >= 0.6 is 11.6 Å². The first-order chi connectivity index (χ1) is 11.2. The Hall–Kier alpha value is -2.51. The van der Waals surface area contributed by atoms with Crippen LogP contribution in [-0.2, 0) is 4.74 Å². The maximum absolute atomic E-state index is 12.1. The van der Waals surface area contributed by atoms with Crippen LogP contribution in [0.25, 0.3) is 17.0 Å². The van der Waals surface area contributed by atoms with Gasteiger partial charge in [-0.3, -0.25) is 14.2 Å². The molecule has 3 aromatic rings. The molecule has 0 radical (unpaired) electrons. The lowest BCUT2D eigenvalue weighted by Crippen LogP contribution is -2.27. The normalized spacial score (nSPS) is 10.9. The van der Waals surface area contributed by atoms with Crippen molar-refractivity contribution >= 4 is 23.2 Å². The Kier molecular flexibility index (Phi) is 4.50. The summed E-state index contributed by atoms with van der Waals surface area (Å²) in [6, 6.07) is 5.18. The number of nitrogens with one attached hydrogen (secondary N) is 1. The fraction of sp³-hybridized carbons (Fsp3) is 0.200. The van der Waals surface area contributed by atoms with Crippen molar-refractivity contribution in [2.45, 2.75) is 0 Å². The molecule has 3 rings (SSSR count). The van der Waals surface area contributed by atoms with Crippen LogP contribution in [0.3, 0.4) is 0 Å². The van der Waals surface area contributed by atoms with Gasteiger partial charge in [0.05, 0.1) is 17.2 Å². The van der Waals surface area contributed by atoms with Crippen LogP contribution < -0.4 is 5.32 Å². The Morgan fingerprint density at radius 2 is 2.22 bits per heavy atom. The number of nitrogens with zero attached hydrogens (tertiary/aromatic N) is 4. The van der Waals surface area contributed by atoms with Crippen LogP contribution in [0.15, 0.2) is 36.8 Å². The Labute approximate surface area is 137 Å². The van der Waals surface area contributed by atoms with Crippen LogP contribution in [0.5, 0.6) is 0 Å². The second-order valence-electron chi connectivity index (χ2n) is 4.81. The number of pyridine rings is 2. The third-order valence-electron chi connectivity index (χ3n) is 3.22. The van der Waals surface area contributed by atoms with Gasteiger partial charge in [-0.15, -0.1) is 10.2 Å². The molecule has 0 unspecified atom stereocenters. The van der Waals surface area contributed by atoms with Crippen LogP contribution in [0, 0.1) is 0 Å². The second kappa shape index (κ2) is 6.72. The first-order valence-corrected chi connectivity index (χ1v) is 7.29. The van der Waals surface area contributed by atoms with E-state index in [1.165, 1.54) is 0 Å². The average molecular weight is 332 g/mol. The maximum Gasteiger partial charge on any atom is 0.252 e. The number of halogens is 1. The van der Waals surface area contributed by atoms with Gasteiger partial charge in [0.2, 0.25) is 0 Å². The SMILES string of the molecule is COCCNC(=O)c1ccc2nnc(-c3cncc(Cl)c3)n2c1. The Morgan fingerprint density at radius 1 is 1.35 bits per heavy atom. The van der Waals surface area contributed by atoms with Crippen molar-refractivity contribution in [3.63, 3.8) is 0 Å². The monoisotopic (exact) mass is 331 g/mol. The molecule has 118 valence electrons. The fourth-order valence-corrected chi connectivity index (χ4v) is 2.30. The summed E-state index contributed by atoms with van der Waals surface area (Å²) >= 11 is 5.97. The highest BCUT2D eigenvalue weighted by molar-refractivity contribution is 6.30. The molecule has 0 aliphatic rings. The number of fused-ring (bicyclic) bond motifs is 1. The van der Waals surface area contributed by atoms with Gasteiger partial charge in [0.1, 0.15) is 0 Å². The minimum atomic E-state index is -0.187. The molecule has 23 heavy (non-hydrogen) atoms. The standard InChI is InChI=1S/C15H14ClN5O2/c1-23-5-4-18-15(22)10-2-3-13-19-20-14(21(13)9-10)11-6-12(16)8-17-7-11/h2-3,6-9H,4-5H2,1H3,(H,18,22). The van der Waals surface area contributed by atoms with Crippen molar-refractivity contribution in [2.24, 2.45) is 0 Å². The minimum absolute atomic E-state index is 0.187. The van der Waals surface area contributed by atoms with Gasteiger partial charge >= 0.3 is 0 Å². The third kappa shape index (κ3) is 3.30. The van der Waals surface area contributed by atoms with E-state index >= 15 is 0 Å². The number of hydrogen-bond donors (Lipinski definition) is 1.